The van der Waals surface area contributed by atoms with E-state index in [1.165, 1.54) is 26.0 Å². The quantitative estimate of drug-likeness (QED) is 0.130. The number of Topliss-reactive ketones (excluding diaryl/α,β-unsaturated/α-hetero) is 1. The maximum absolute atomic E-state index is 14.1. The number of rotatable bonds is 10. The summed E-state index contributed by atoms with van der Waals surface area (Å²) in [5, 5.41) is 2.91. The Bertz CT molecular complexity index is 1630. The fourth-order valence-corrected chi connectivity index (χ4v) is 6.30. The zero-order chi connectivity index (χ0) is 35.6. The first-order valence-electron chi connectivity index (χ1n) is 15.5. The third-order valence-corrected chi connectivity index (χ3v) is 9.21. The number of alkyl halides is 6. The van der Waals surface area contributed by atoms with Crippen LogP contribution in [0.3, 0.4) is 0 Å². The molecule has 0 amide bonds. The lowest BCUT2D eigenvalue weighted by atomic mass is 9.78. The smallest absolute Gasteiger partial charge is 0.416 e. The van der Waals surface area contributed by atoms with Crippen LogP contribution in [0, 0.1) is 18.7 Å². The van der Waals surface area contributed by atoms with Gasteiger partial charge in [0.05, 0.1) is 35.4 Å². The monoisotopic (exact) mass is 700 g/mol. The lowest BCUT2D eigenvalue weighted by Crippen LogP contribution is -2.35. The van der Waals surface area contributed by atoms with Crippen LogP contribution in [0.4, 0.5) is 36.4 Å². The average Bonchev–Trinajstić information content (AvgIpc) is 2.99. The summed E-state index contributed by atoms with van der Waals surface area (Å²) in [6.07, 6.45) is -6.82. The molecular formula is C35H36ClF7N2O3. The van der Waals surface area contributed by atoms with E-state index in [4.69, 9.17) is 16.3 Å². The van der Waals surface area contributed by atoms with Gasteiger partial charge in [0.25, 0.3) is 0 Å². The molecule has 48 heavy (non-hydrogen) atoms. The average molecular weight is 701 g/mol. The normalized spacial score (nSPS) is 17.2. The third kappa shape index (κ3) is 8.67. The summed E-state index contributed by atoms with van der Waals surface area (Å²) in [5.74, 6) is -1.25. The molecule has 1 fully saturated rings. The van der Waals surface area contributed by atoms with Crippen molar-refractivity contribution in [2.24, 2.45) is 5.92 Å². The Morgan fingerprint density at radius 3 is 2.02 bits per heavy atom. The Labute approximate surface area is 279 Å². The molecule has 0 atom stereocenters. The number of aryl methyl sites for hydroxylation is 1. The molecule has 0 saturated heterocycles. The van der Waals surface area contributed by atoms with E-state index in [0.29, 0.717) is 47.5 Å². The van der Waals surface area contributed by atoms with Crippen LogP contribution >= 0.6 is 11.6 Å². The van der Waals surface area contributed by atoms with Crippen molar-refractivity contribution < 1.29 is 45.1 Å². The van der Waals surface area contributed by atoms with E-state index >= 15 is 0 Å². The molecule has 1 heterocycles. The van der Waals surface area contributed by atoms with Crippen molar-refractivity contribution in [3.63, 3.8) is 0 Å². The van der Waals surface area contributed by atoms with Gasteiger partial charge in [-0.3, -0.25) is 9.59 Å². The van der Waals surface area contributed by atoms with Gasteiger partial charge in [-0.25, -0.2) is 9.37 Å². The first-order chi connectivity index (χ1) is 22.3. The van der Waals surface area contributed by atoms with Crippen molar-refractivity contribution in [1.29, 1.82) is 0 Å². The van der Waals surface area contributed by atoms with Crippen LogP contribution in [0.5, 0.6) is 0 Å². The number of pyridine rings is 1. The number of carbonyl (C=O) groups is 2. The fraction of sp³-hybridized carbons (Fsp3) is 0.457. The highest BCUT2D eigenvalue weighted by Gasteiger charge is 2.40. The van der Waals surface area contributed by atoms with Crippen LogP contribution in [0.25, 0.3) is 11.1 Å². The molecule has 5 nitrogen and oxygen atoms in total. The van der Waals surface area contributed by atoms with Crippen LogP contribution in [0.15, 0.2) is 42.5 Å². The number of esters is 1. The summed E-state index contributed by atoms with van der Waals surface area (Å²) in [7, 11) is 0. The Morgan fingerprint density at radius 2 is 1.48 bits per heavy atom. The first-order valence-corrected chi connectivity index (χ1v) is 15.9. The van der Waals surface area contributed by atoms with Gasteiger partial charge < -0.3 is 10.1 Å². The fourth-order valence-electron chi connectivity index (χ4n) is 6.04. The van der Waals surface area contributed by atoms with Crippen LogP contribution in [0.1, 0.15) is 86.7 Å². The highest BCUT2D eigenvalue weighted by molar-refractivity contribution is 6.32. The van der Waals surface area contributed by atoms with Crippen molar-refractivity contribution in [2.45, 2.75) is 83.5 Å². The van der Waals surface area contributed by atoms with E-state index in [2.05, 4.69) is 10.3 Å². The number of nitrogens with one attached hydrogen (secondary N) is 1. The van der Waals surface area contributed by atoms with Crippen molar-refractivity contribution in [1.82, 2.24) is 4.98 Å². The Balaban J connectivity index is 1.65. The maximum Gasteiger partial charge on any atom is 0.416 e. The Hall–Kier alpha value is -3.67. The molecule has 0 aliphatic heterocycles. The summed E-state index contributed by atoms with van der Waals surface area (Å²) in [6.45, 7) is 5.74. The lowest BCUT2D eigenvalue weighted by molar-refractivity contribution is -0.145. The second-order valence-electron chi connectivity index (χ2n) is 12.6. The van der Waals surface area contributed by atoms with Gasteiger partial charge in [-0.2, -0.15) is 26.3 Å². The van der Waals surface area contributed by atoms with E-state index in [9.17, 15) is 40.3 Å². The molecule has 2 aromatic carbocycles. The van der Waals surface area contributed by atoms with Crippen molar-refractivity contribution in [3.8, 4) is 11.1 Å². The van der Waals surface area contributed by atoms with Crippen molar-refractivity contribution in [3.05, 3.63) is 81.4 Å². The predicted octanol–water partition coefficient (Wildman–Crippen LogP) is 10.1. The van der Waals surface area contributed by atoms with Crippen LogP contribution in [-0.4, -0.2) is 29.9 Å². The molecule has 3 aromatic rings. The van der Waals surface area contributed by atoms with Gasteiger partial charge in [0.15, 0.2) is 10.9 Å². The number of nitrogens with zero attached hydrogens (tertiary/aromatic N) is 1. The Morgan fingerprint density at radius 1 is 0.896 bits per heavy atom. The minimum absolute atomic E-state index is 0.00111. The number of aromatic nitrogens is 1. The number of anilines is 1. The molecule has 0 spiro atoms. The van der Waals surface area contributed by atoms with Crippen molar-refractivity contribution in [2.75, 3.05) is 18.5 Å². The molecule has 1 aliphatic carbocycles. The molecule has 0 radical (unpaired) electrons. The number of benzene rings is 2. The van der Waals surface area contributed by atoms with Crippen molar-refractivity contribution >= 4 is 29.0 Å². The first kappa shape index (κ1) is 37.2. The van der Waals surface area contributed by atoms with Gasteiger partial charge in [-0.05, 0) is 112 Å². The summed E-state index contributed by atoms with van der Waals surface area (Å²) < 4.78 is 100. The van der Waals surface area contributed by atoms with E-state index in [1.807, 2.05) is 0 Å². The lowest BCUT2D eigenvalue weighted by Gasteiger charge is -2.29. The second kappa shape index (κ2) is 14.4. The van der Waals surface area contributed by atoms with Gasteiger partial charge in [0.2, 0.25) is 0 Å². The van der Waals surface area contributed by atoms with Crippen LogP contribution in [0.2, 0.25) is 5.15 Å². The van der Waals surface area contributed by atoms with E-state index < -0.39 is 52.6 Å². The molecule has 1 N–H and O–H groups in total. The molecule has 0 unspecified atom stereocenters. The summed E-state index contributed by atoms with van der Waals surface area (Å²) in [5.41, 5.74) is -2.77. The Kier molecular flexibility index (Phi) is 11.2. The summed E-state index contributed by atoms with van der Waals surface area (Å²) in [6, 6.07) is 7.04. The molecule has 4 rings (SSSR count). The zero-order valence-corrected chi connectivity index (χ0v) is 27.6. The second-order valence-corrected chi connectivity index (χ2v) is 13.0. The van der Waals surface area contributed by atoms with Gasteiger partial charge in [0, 0.05) is 23.6 Å². The number of ketones is 1. The zero-order valence-electron chi connectivity index (χ0n) is 26.8. The summed E-state index contributed by atoms with van der Waals surface area (Å²) in [4.78, 5) is 30.1. The SMILES string of the molecule is CCOC(=O)CC1CCC(c2cc(-c3ccc(F)cc3C)c(NCC(=O)C(C)(C)c3cc(C(F)(F)F)cc(C(F)(F)F)c3)c(Cl)n2)CC1. The van der Waals surface area contributed by atoms with Gasteiger partial charge in [-0.15, -0.1) is 0 Å². The molecule has 1 aromatic heterocycles. The van der Waals surface area contributed by atoms with E-state index in [1.54, 1.807) is 26.0 Å². The van der Waals surface area contributed by atoms with E-state index in [0.717, 1.165) is 25.7 Å². The number of hydrogen-bond acceptors (Lipinski definition) is 5. The number of halogens is 8. The topological polar surface area (TPSA) is 68.3 Å². The minimum atomic E-state index is -5.07. The van der Waals surface area contributed by atoms with Gasteiger partial charge >= 0.3 is 18.3 Å². The standard InChI is InChI=1S/C35H36ClF7N2O3/c1-5-48-30(47)13-20-6-8-21(9-7-20)28-17-27(26-11-10-25(37)12-19(26)2)31(32(36)45-28)44-18-29(46)33(3,4)22-14-23(34(38,39)40)16-24(15-22)35(41,42)43/h10-12,14-17,20-21,44H,5-9,13,18H2,1-4H3. The largest absolute Gasteiger partial charge is 0.466 e. The van der Waals surface area contributed by atoms with Gasteiger partial charge in [0.1, 0.15) is 5.82 Å². The maximum atomic E-state index is 14.1. The molecule has 13 heteroatoms. The highest BCUT2D eigenvalue weighted by Crippen LogP contribution is 2.43. The predicted molar refractivity (Wildman–Crippen MR) is 168 cm³/mol. The van der Waals surface area contributed by atoms with E-state index in [-0.39, 0.29) is 34.7 Å². The van der Waals surface area contributed by atoms with Crippen LogP contribution in [-0.2, 0) is 32.1 Å². The summed E-state index contributed by atoms with van der Waals surface area (Å²) >= 11 is 6.71. The molecule has 0 bridgehead atoms. The minimum Gasteiger partial charge on any atom is -0.466 e. The molecule has 1 aliphatic rings. The number of ether oxygens (including phenoxy) is 1. The number of hydrogen-bond donors (Lipinski definition) is 1. The molecular weight excluding hydrogens is 665 g/mol. The third-order valence-electron chi connectivity index (χ3n) is 8.93. The van der Waals surface area contributed by atoms with Gasteiger partial charge in [-0.1, -0.05) is 17.7 Å². The molecule has 260 valence electrons. The number of carbonyl (C=O) groups excluding carboxylic acids is 2. The van der Waals surface area contributed by atoms with Crippen LogP contribution < -0.4 is 5.32 Å². The highest BCUT2D eigenvalue weighted by atomic mass is 35.5. The molecule has 1 saturated carbocycles.